The molecule has 1 rings (SSSR count). The Morgan fingerprint density at radius 2 is 2.17 bits per heavy atom. The summed E-state index contributed by atoms with van der Waals surface area (Å²) in [7, 11) is 0. The quantitative estimate of drug-likeness (QED) is 0.589. The number of rotatable bonds is 5. The van der Waals surface area contributed by atoms with E-state index in [1.165, 1.54) is 18.2 Å². The van der Waals surface area contributed by atoms with Crippen molar-refractivity contribution >= 4 is 12.0 Å². The van der Waals surface area contributed by atoms with Crippen molar-refractivity contribution in [2.24, 2.45) is 5.92 Å². The fraction of sp³-hybridized carbons (Fsp3) is 0.400. The summed E-state index contributed by atoms with van der Waals surface area (Å²) in [6, 6.07) is 5.08. The van der Waals surface area contributed by atoms with Crippen molar-refractivity contribution in [2.75, 3.05) is 6.61 Å². The Morgan fingerprint density at radius 3 is 2.72 bits per heavy atom. The Balaban J connectivity index is 2.76. The molecule has 0 aromatic heterocycles. The molecular weight excluding hydrogens is 231 g/mol. The molecule has 0 spiro atoms. The Morgan fingerprint density at radius 1 is 1.44 bits per heavy atom. The number of halogens is 1. The van der Waals surface area contributed by atoms with Crippen LogP contribution in [0.15, 0.2) is 24.3 Å². The summed E-state index contributed by atoms with van der Waals surface area (Å²) >= 11 is 0. The first-order valence-corrected chi connectivity index (χ1v) is 6.16. The van der Waals surface area contributed by atoms with Crippen molar-refractivity contribution in [3.8, 4) is 0 Å². The molecule has 0 N–H and O–H groups in total. The van der Waals surface area contributed by atoms with E-state index < -0.39 is 5.97 Å². The molecule has 18 heavy (non-hydrogen) atoms. The van der Waals surface area contributed by atoms with Crippen molar-refractivity contribution in [1.29, 1.82) is 0 Å². The van der Waals surface area contributed by atoms with Crippen LogP contribution >= 0.6 is 0 Å². The van der Waals surface area contributed by atoms with Gasteiger partial charge in [0.15, 0.2) is 0 Å². The summed E-state index contributed by atoms with van der Waals surface area (Å²) in [5.74, 6) is -0.276. The zero-order chi connectivity index (χ0) is 13.5. The first-order chi connectivity index (χ1) is 8.52. The molecule has 3 heteroatoms. The van der Waals surface area contributed by atoms with Gasteiger partial charge in [-0.2, -0.15) is 0 Å². The van der Waals surface area contributed by atoms with Gasteiger partial charge in [0.05, 0.1) is 6.61 Å². The monoisotopic (exact) mass is 250 g/mol. The molecule has 0 atom stereocenters. The molecule has 0 aliphatic rings. The van der Waals surface area contributed by atoms with Gasteiger partial charge >= 0.3 is 5.97 Å². The summed E-state index contributed by atoms with van der Waals surface area (Å²) in [4.78, 5) is 11.1. The van der Waals surface area contributed by atoms with Gasteiger partial charge in [0.25, 0.3) is 0 Å². The maximum atomic E-state index is 13.7. The summed E-state index contributed by atoms with van der Waals surface area (Å²) in [5.41, 5.74) is 1.37. The maximum absolute atomic E-state index is 13.7. The first kappa shape index (κ1) is 14.4. The smallest absolute Gasteiger partial charge is 0.330 e. The molecule has 0 heterocycles. The van der Waals surface area contributed by atoms with E-state index in [2.05, 4.69) is 13.8 Å². The lowest BCUT2D eigenvalue weighted by Gasteiger charge is -2.06. The van der Waals surface area contributed by atoms with Crippen LogP contribution in [-0.4, -0.2) is 12.6 Å². The standard InChI is InChI=1S/C15H19FO2/c1-4-18-15(17)8-7-13-6-5-12(9-11(2)3)10-14(13)16/h5-8,10-11H,4,9H2,1-3H3/b8-7+. The van der Waals surface area contributed by atoms with Crippen molar-refractivity contribution in [3.05, 3.63) is 41.2 Å². The molecule has 0 aliphatic heterocycles. The number of hydrogen-bond donors (Lipinski definition) is 0. The normalized spacial score (nSPS) is 11.2. The third kappa shape index (κ3) is 4.70. The second-order valence-electron chi connectivity index (χ2n) is 4.54. The Hall–Kier alpha value is -1.64. The maximum Gasteiger partial charge on any atom is 0.330 e. The number of carbonyl (C=O) groups excluding carboxylic acids is 1. The van der Waals surface area contributed by atoms with Gasteiger partial charge in [-0.05, 0) is 37.0 Å². The average Bonchev–Trinajstić information content (AvgIpc) is 2.27. The van der Waals surface area contributed by atoms with Crippen molar-refractivity contribution in [1.82, 2.24) is 0 Å². The summed E-state index contributed by atoms with van der Waals surface area (Å²) in [6.45, 7) is 6.23. The van der Waals surface area contributed by atoms with Crippen LogP contribution in [0, 0.1) is 11.7 Å². The second kappa shape index (κ2) is 6.94. The van der Waals surface area contributed by atoms with Gasteiger partial charge in [0.1, 0.15) is 5.82 Å². The van der Waals surface area contributed by atoms with Crippen molar-refractivity contribution in [3.63, 3.8) is 0 Å². The van der Waals surface area contributed by atoms with Gasteiger partial charge in [0, 0.05) is 11.6 Å². The average molecular weight is 250 g/mol. The van der Waals surface area contributed by atoms with E-state index in [1.54, 1.807) is 13.0 Å². The van der Waals surface area contributed by atoms with E-state index in [-0.39, 0.29) is 5.82 Å². The van der Waals surface area contributed by atoms with E-state index in [4.69, 9.17) is 4.74 Å². The van der Waals surface area contributed by atoms with E-state index in [1.807, 2.05) is 6.07 Å². The van der Waals surface area contributed by atoms with Crippen molar-refractivity contribution < 1.29 is 13.9 Å². The number of carbonyl (C=O) groups is 1. The Kier molecular flexibility index (Phi) is 5.56. The third-order valence-corrected chi connectivity index (χ3v) is 2.39. The van der Waals surface area contributed by atoms with Crippen LogP contribution in [-0.2, 0) is 16.0 Å². The van der Waals surface area contributed by atoms with Crippen molar-refractivity contribution in [2.45, 2.75) is 27.2 Å². The lowest BCUT2D eigenvalue weighted by atomic mass is 10.0. The van der Waals surface area contributed by atoms with Crippen LogP contribution in [0.1, 0.15) is 31.9 Å². The lowest BCUT2D eigenvalue weighted by Crippen LogP contribution is -1.99. The molecule has 0 saturated carbocycles. The number of hydrogen-bond acceptors (Lipinski definition) is 2. The molecule has 0 amide bonds. The summed E-state index contributed by atoms with van der Waals surface area (Å²) in [6.07, 6.45) is 3.52. The molecule has 0 bridgehead atoms. The predicted octanol–water partition coefficient (Wildman–Crippen LogP) is 3.60. The molecule has 2 nitrogen and oxygen atoms in total. The molecule has 98 valence electrons. The van der Waals surface area contributed by atoms with Crippen LogP contribution in [0.3, 0.4) is 0 Å². The third-order valence-electron chi connectivity index (χ3n) is 2.39. The zero-order valence-corrected chi connectivity index (χ0v) is 11.1. The minimum atomic E-state index is -0.455. The highest BCUT2D eigenvalue weighted by Gasteiger charge is 2.03. The lowest BCUT2D eigenvalue weighted by molar-refractivity contribution is -0.137. The highest BCUT2D eigenvalue weighted by atomic mass is 19.1. The van der Waals surface area contributed by atoms with Gasteiger partial charge in [-0.15, -0.1) is 0 Å². The van der Waals surface area contributed by atoms with Crippen LogP contribution in [0.5, 0.6) is 0 Å². The first-order valence-electron chi connectivity index (χ1n) is 6.16. The van der Waals surface area contributed by atoms with Gasteiger partial charge in [-0.25, -0.2) is 9.18 Å². The number of ether oxygens (including phenoxy) is 1. The Labute approximate surface area is 107 Å². The fourth-order valence-electron chi connectivity index (χ4n) is 1.65. The predicted molar refractivity (Wildman–Crippen MR) is 70.6 cm³/mol. The van der Waals surface area contributed by atoms with Crippen LogP contribution in [0.4, 0.5) is 4.39 Å². The Bertz CT molecular complexity index is 436. The largest absolute Gasteiger partial charge is 0.463 e. The topological polar surface area (TPSA) is 26.3 Å². The second-order valence-corrected chi connectivity index (χ2v) is 4.54. The van der Waals surface area contributed by atoms with Crippen LogP contribution in [0.25, 0.3) is 6.08 Å². The van der Waals surface area contributed by atoms with Gasteiger partial charge in [-0.3, -0.25) is 0 Å². The minimum absolute atomic E-state index is 0.311. The SMILES string of the molecule is CCOC(=O)/C=C/c1ccc(CC(C)C)cc1F. The molecule has 1 aromatic rings. The zero-order valence-electron chi connectivity index (χ0n) is 11.1. The van der Waals surface area contributed by atoms with Crippen LogP contribution in [0.2, 0.25) is 0 Å². The van der Waals surface area contributed by atoms with Gasteiger partial charge in [0.2, 0.25) is 0 Å². The molecule has 0 unspecified atom stereocenters. The van der Waals surface area contributed by atoms with E-state index in [9.17, 15) is 9.18 Å². The van der Waals surface area contributed by atoms with Gasteiger partial charge in [-0.1, -0.05) is 26.0 Å². The highest BCUT2D eigenvalue weighted by molar-refractivity contribution is 5.87. The van der Waals surface area contributed by atoms with E-state index in [0.29, 0.717) is 18.1 Å². The highest BCUT2D eigenvalue weighted by Crippen LogP contribution is 2.15. The number of benzene rings is 1. The summed E-state index contributed by atoms with van der Waals surface area (Å²) in [5, 5.41) is 0. The van der Waals surface area contributed by atoms with Gasteiger partial charge < -0.3 is 4.74 Å². The molecule has 0 radical (unpaired) electrons. The van der Waals surface area contributed by atoms with Crippen LogP contribution < -0.4 is 0 Å². The van der Waals surface area contributed by atoms with E-state index >= 15 is 0 Å². The summed E-state index contributed by atoms with van der Waals surface area (Å²) < 4.78 is 18.5. The molecule has 0 saturated heterocycles. The molecular formula is C15H19FO2. The molecule has 0 aliphatic carbocycles. The molecule has 0 fully saturated rings. The minimum Gasteiger partial charge on any atom is -0.463 e. The fourth-order valence-corrected chi connectivity index (χ4v) is 1.65. The molecule has 1 aromatic carbocycles. The number of esters is 1. The van der Waals surface area contributed by atoms with E-state index in [0.717, 1.165) is 12.0 Å².